The summed E-state index contributed by atoms with van der Waals surface area (Å²) in [6.07, 6.45) is 0.376. The summed E-state index contributed by atoms with van der Waals surface area (Å²) >= 11 is 0. The van der Waals surface area contributed by atoms with Gasteiger partial charge in [-0.05, 0) is 5.56 Å². The highest BCUT2D eigenvalue weighted by Gasteiger charge is 2.27. The van der Waals surface area contributed by atoms with Crippen LogP contribution in [0.1, 0.15) is 17.2 Å². The van der Waals surface area contributed by atoms with E-state index in [0.29, 0.717) is 6.42 Å². The first-order valence-electron chi connectivity index (χ1n) is 7.42. The normalized spacial score (nSPS) is 13.0. The fourth-order valence-corrected chi connectivity index (χ4v) is 2.29. The molecule has 0 fully saturated rings. The van der Waals surface area contributed by atoms with Gasteiger partial charge in [0.1, 0.15) is 6.04 Å². The van der Waals surface area contributed by atoms with Crippen LogP contribution in [0.15, 0.2) is 60.7 Å². The van der Waals surface area contributed by atoms with Crippen LogP contribution in [0.4, 0.5) is 0 Å². The van der Waals surface area contributed by atoms with Crippen molar-refractivity contribution < 1.29 is 20.1 Å². The van der Waals surface area contributed by atoms with Crippen LogP contribution in [-0.2, 0) is 20.7 Å². The summed E-state index contributed by atoms with van der Waals surface area (Å²) in [7, 11) is 1.31. The van der Waals surface area contributed by atoms with Crippen molar-refractivity contribution >= 4 is 11.9 Å². The summed E-state index contributed by atoms with van der Waals surface area (Å²) in [6.45, 7) is 0. The molecule has 0 unspecified atom stereocenters. The molecule has 0 aromatic heterocycles. The van der Waals surface area contributed by atoms with Crippen LogP contribution in [0.2, 0.25) is 0 Å². The van der Waals surface area contributed by atoms with E-state index in [2.05, 4.69) is 11.1 Å². The van der Waals surface area contributed by atoms with Gasteiger partial charge in [-0.3, -0.25) is 4.79 Å². The van der Waals surface area contributed by atoms with Crippen molar-refractivity contribution in [3.8, 4) is 0 Å². The zero-order chi connectivity index (χ0) is 16.7. The molecular weight excluding hydrogens is 292 g/mol. The first-order chi connectivity index (χ1) is 11.1. The first-order valence-corrected chi connectivity index (χ1v) is 7.42. The van der Waals surface area contributed by atoms with Crippen molar-refractivity contribution in [2.75, 3.05) is 7.11 Å². The zero-order valence-corrected chi connectivity index (χ0v) is 13.1. The van der Waals surface area contributed by atoms with E-state index >= 15 is 0 Å². The molecule has 5 heteroatoms. The van der Waals surface area contributed by atoms with E-state index < -0.39 is 18.1 Å². The molecular formula is C18H21N2O3+. The number of carbonyl (C=O) groups excluding carboxylic acids is 2. The van der Waals surface area contributed by atoms with Crippen LogP contribution in [0, 0.1) is 0 Å². The number of nitrogens with one attached hydrogen (secondary N) is 1. The van der Waals surface area contributed by atoms with Gasteiger partial charge in [-0.2, -0.15) is 0 Å². The Hall–Kier alpha value is -2.66. The molecule has 1 amide bonds. The quantitative estimate of drug-likeness (QED) is 0.776. The lowest BCUT2D eigenvalue weighted by Gasteiger charge is -2.18. The molecule has 2 rings (SSSR count). The number of benzene rings is 2. The van der Waals surface area contributed by atoms with E-state index in [1.807, 2.05) is 60.7 Å². The van der Waals surface area contributed by atoms with Gasteiger partial charge in [0, 0.05) is 12.0 Å². The van der Waals surface area contributed by atoms with Gasteiger partial charge in [0.15, 0.2) is 6.04 Å². The Morgan fingerprint density at radius 1 is 1.04 bits per heavy atom. The third-order valence-electron chi connectivity index (χ3n) is 3.60. The van der Waals surface area contributed by atoms with Crippen molar-refractivity contribution in [2.45, 2.75) is 18.5 Å². The summed E-state index contributed by atoms with van der Waals surface area (Å²) in [6, 6.07) is 17.4. The summed E-state index contributed by atoms with van der Waals surface area (Å²) in [5.74, 6) is -0.773. The summed E-state index contributed by atoms with van der Waals surface area (Å²) in [5, 5.41) is 2.74. The van der Waals surface area contributed by atoms with Crippen molar-refractivity contribution in [2.24, 2.45) is 0 Å². The van der Waals surface area contributed by atoms with Gasteiger partial charge >= 0.3 is 5.97 Å². The second kappa shape index (κ2) is 8.10. The van der Waals surface area contributed by atoms with E-state index in [0.717, 1.165) is 11.1 Å². The molecule has 0 spiro atoms. The van der Waals surface area contributed by atoms with Gasteiger partial charge in [0.25, 0.3) is 5.91 Å². The predicted molar refractivity (Wildman–Crippen MR) is 86.2 cm³/mol. The van der Waals surface area contributed by atoms with E-state index in [-0.39, 0.29) is 5.91 Å². The van der Waals surface area contributed by atoms with Crippen LogP contribution in [0.5, 0.6) is 0 Å². The van der Waals surface area contributed by atoms with Gasteiger partial charge in [0.2, 0.25) is 0 Å². The lowest BCUT2D eigenvalue weighted by Crippen LogP contribution is -2.62. The summed E-state index contributed by atoms with van der Waals surface area (Å²) < 4.78 is 4.80. The Bertz CT molecular complexity index is 644. The van der Waals surface area contributed by atoms with Crippen molar-refractivity contribution in [3.05, 3.63) is 71.8 Å². The molecule has 4 N–H and O–H groups in total. The molecule has 2 aromatic rings. The van der Waals surface area contributed by atoms with Crippen LogP contribution < -0.4 is 11.1 Å². The molecule has 0 heterocycles. The molecule has 0 saturated heterocycles. The lowest BCUT2D eigenvalue weighted by atomic mass is 10.0. The molecule has 0 aliphatic rings. The van der Waals surface area contributed by atoms with Gasteiger partial charge in [-0.1, -0.05) is 60.7 Å². The molecule has 0 saturated carbocycles. The SMILES string of the molecule is COC(=O)[C@H](Cc1ccccc1)NC(=O)[C@H]([NH3+])c1ccccc1. The topological polar surface area (TPSA) is 83.0 Å². The Labute approximate surface area is 135 Å². The Morgan fingerprint density at radius 2 is 1.61 bits per heavy atom. The van der Waals surface area contributed by atoms with Crippen molar-refractivity contribution in [3.63, 3.8) is 0 Å². The standard InChI is InChI=1S/C18H20N2O3/c1-23-18(22)15(12-13-8-4-2-5-9-13)20-17(21)16(19)14-10-6-3-7-11-14/h2-11,15-16H,12,19H2,1H3,(H,20,21)/p+1/t15-,16+/m0/s1. The maximum Gasteiger partial charge on any atom is 0.328 e. The second-order valence-electron chi connectivity index (χ2n) is 5.24. The number of quaternary nitrogens is 1. The van der Waals surface area contributed by atoms with Crippen LogP contribution in [0.3, 0.4) is 0 Å². The molecule has 0 bridgehead atoms. The molecule has 23 heavy (non-hydrogen) atoms. The minimum atomic E-state index is -0.733. The molecule has 120 valence electrons. The van der Waals surface area contributed by atoms with Gasteiger partial charge in [-0.15, -0.1) is 0 Å². The maximum absolute atomic E-state index is 12.4. The third-order valence-corrected chi connectivity index (χ3v) is 3.60. The predicted octanol–water partition coefficient (Wildman–Crippen LogP) is 0.870. The maximum atomic E-state index is 12.4. The number of esters is 1. The minimum absolute atomic E-state index is 0.303. The molecule has 0 radical (unpaired) electrons. The Balaban J connectivity index is 2.08. The monoisotopic (exact) mass is 313 g/mol. The highest BCUT2D eigenvalue weighted by atomic mass is 16.5. The number of hydrogen-bond acceptors (Lipinski definition) is 3. The Kier molecular flexibility index (Phi) is 5.88. The summed E-state index contributed by atoms with van der Waals surface area (Å²) in [5.41, 5.74) is 5.64. The number of carbonyl (C=O) groups is 2. The van der Waals surface area contributed by atoms with Crippen molar-refractivity contribution in [1.29, 1.82) is 0 Å². The van der Waals surface area contributed by atoms with Gasteiger partial charge in [-0.25, -0.2) is 4.79 Å². The average molecular weight is 313 g/mol. The molecule has 0 aliphatic heterocycles. The van der Waals surface area contributed by atoms with Gasteiger partial charge < -0.3 is 15.8 Å². The number of rotatable bonds is 6. The number of methoxy groups -OCH3 is 1. The number of hydrogen-bond donors (Lipinski definition) is 2. The highest BCUT2D eigenvalue weighted by molar-refractivity contribution is 5.87. The summed E-state index contributed by atoms with van der Waals surface area (Å²) in [4.78, 5) is 24.3. The van der Waals surface area contributed by atoms with Gasteiger partial charge in [0.05, 0.1) is 7.11 Å². The molecule has 5 nitrogen and oxygen atoms in total. The molecule has 2 aromatic carbocycles. The fraction of sp³-hybridized carbons (Fsp3) is 0.222. The smallest absolute Gasteiger partial charge is 0.328 e. The Morgan fingerprint density at radius 3 is 2.17 bits per heavy atom. The van der Waals surface area contributed by atoms with E-state index in [4.69, 9.17) is 4.74 Å². The average Bonchev–Trinajstić information content (AvgIpc) is 2.61. The van der Waals surface area contributed by atoms with E-state index in [1.54, 1.807) is 0 Å². The lowest BCUT2D eigenvalue weighted by molar-refractivity contribution is -0.409. The van der Waals surface area contributed by atoms with Crippen LogP contribution >= 0.6 is 0 Å². The third kappa shape index (κ3) is 4.66. The highest BCUT2D eigenvalue weighted by Crippen LogP contribution is 2.10. The van der Waals surface area contributed by atoms with Crippen LogP contribution in [0.25, 0.3) is 0 Å². The second-order valence-corrected chi connectivity index (χ2v) is 5.24. The number of amides is 1. The van der Waals surface area contributed by atoms with Crippen molar-refractivity contribution in [1.82, 2.24) is 5.32 Å². The van der Waals surface area contributed by atoms with E-state index in [9.17, 15) is 9.59 Å². The van der Waals surface area contributed by atoms with E-state index in [1.165, 1.54) is 7.11 Å². The number of ether oxygens (including phenoxy) is 1. The fourth-order valence-electron chi connectivity index (χ4n) is 2.29. The minimum Gasteiger partial charge on any atom is -0.467 e. The first kappa shape index (κ1) is 16.7. The van der Waals surface area contributed by atoms with Crippen LogP contribution in [-0.4, -0.2) is 25.0 Å². The molecule has 0 aliphatic carbocycles. The molecule has 2 atom stereocenters. The largest absolute Gasteiger partial charge is 0.467 e. The zero-order valence-electron chi connectivity index (χ0n) is 13.1.